The Morgan fingerprint density at radius 3 is 2.93 bits per heavy atom. The van der Waals surface area contributed by atoms with Crippen LogP contribution in [0.25, 0.3) is 11.0 Å². The van der Waals surface area contributed by atoms with Crippen molar-refractivity contribution in [3.63, 3.8) is 0 Å². The highest BCUT2D eigenvalue weighted by atomic mass is 16.5. The Morgan fingerprint density at radius 2 is 2.21 bits per heavy atom. The van der Waals surface area contributed by atoms with E-state index in [0.717, 1.165) is 23.8 Å². The summed E-state index contributed by atoms with van der Waals surface area (Å²) in [5, 5.41) is 4.87. The van der Waals surface area contributed by atoms with Gasteiger partial charge < -0.3 is 10.3 Å². The van der Waals surface area contributed by atoms with Crippen LogP contribution in [0.15, 0.2) is 28.9 Å². The molecule has 1 heterocycles. The summed E-state index contributed by atoms with van der Waals surface area (Å²) >= 11 is 0. The first-order valence-corrected chi connectivity index (χ1v) is 4.92. The van der Waals surface area contributed by atoms with Gasteiger partial charge in [-0.3, -0.25) is 0 Å². The molecule has 0 aliphatic heterocycles. The Hall–Kier alpha value is -1.35. The number of hydrogen-bond acceptors (Lipinski definition) is 3. The van der Waals surface area contributed by atoms with Crippen LogP contribution in [0.3, 0.4) is 0 Å². The molecule has 1 fully saturated rings. The van der Waals surface area contributed by atoms with E-state index in [1.807, 2.05) is 12.1 Å². The van der Waals surface area contributed by atoms with Crippen molar-refractivity contribution < 1.29 is 4.52 Å². The van der Waals surface area contributed by atoms with Gasteiger partial charge in [-0.25, -0.2) is 0 Å². The van der Waals surface area contributed by atoms with E-state index in [2.05, 4.69) is 11.2 Å². The molecule has 1 saturated carbocycles. The second-order valence-electron chi connectivity index (χ2n) is 4.05. The van der Waals surface area contributed by atoms with Crippen molar-refractivity contribution >= 4 is 11.0 Å². The average molecular weight is 188 g/mol. The van der Waals surface area contributed by atoms with Crippen LogP contribution < -0.4 is 5.73 Å². The van der Waals surface area contributed by atoms with Crippen LogP contribution >= 0.6 is 0 Å². The van der Waals surface area contributed by atoms with Gasteiger partial charge in [0.2, 0.25) is 0 Å². The largest absolute Gasteiger partial charge is 0.356 e. The number of fused-ring (bicyclic) bond motifs is 1. The van der Waals surface area contributed by atoms with Gasteiger partial charge in [0.15, 0.2) is 5.58 Å². The van der Waals surface area contributed by atoms with Crippen LogP contribution in [0.5, 0.6) is 0 Å². The highest BCUT2D eigenvalue weighted by Crippen LogP contribution is 2.41. The topological polar surface area (TPSA) is 52.0 Å². The molecule has 0 saturated heterocycles. The average Bonchev–Trinajstić information content (AvgIpc) is 2.61. The first-order valence-electron chi connectivity index (χ1n) is 4.92. The van der Waals surface area contributed by atoms with Crippen LogP contribution in [0.4, 0.5) is 0 Å². The molecule has 0 spiro atoms. The van der Waals surface area contributed by atoms with Crippen LogP contribution in [-0.2, 0) is 5.54 Å². The molecule has 1 aromatic heterocycles. The summed E-state index contributed by atoms with van der Waals surface area (Å²) in [6, 6.07) is 5.99. The van der Waals surface area contributed by atoms with E-state index < -0.39 is 0 Å². The fraction of sp³-hybridized carbons (Fsp3) is 0.364. The van der Waals surface area contributed by atoms with E-state index in [0.29, 0.717) is 0 Å². The van der Waals surface area contributed by atoms with Gasteiger partial charge in [0.25, 0.3) is 0 Å². The third-order valence-electron chi connectivity index (χ3n) is 3.18. The number of nitrogens with zero attached hydrogens (tertiary/aromatic N) is 1. The molecule has 0 bridgehead atoms. The molecule has 3 nitrogen and oxygen atoms in total. The lowest BCUT2D eigenvalue weighted by atomic mass is 9.72. The van der Waals surface area contributed by atoms with Gasteiger partial charge in [0.1, 0.15) is 0 Å². The lowest BCUT2D eigenvalue weighted by Gasteiger charge is -2.38. The normalized spacial score (nSPS) is 19.5. The Bertz CT molecular complexity index is 471. The summed E-state index contributed by atoms with van der Waals surface area (Å²) in [7, 11) is 0. The highest BCUT2D eigenvalue weighted by molar-refractivity contribution is 5.81. The summed E-state index contributed by atoms with van der Waals surface area (Å²) < 4.78 is 5.12. The first-order chi connectivity index (χ1) is 6.80. The van der Waals surface area contributed by atoms with E-state index in [1.54, 1.807) is 6.20 Å². The lowest BCUT2D eigenvalue weighted by Crippen LogP contribution is -2.43. The van der Waals surface area contributed by atoms with Crippen molar-refractivity contribution in [1.29, 1.82) is 0 Å². The minimum atomic E-state index is -0.134. The second kappa shape index (κ2) is 2.58. The molecule has 2 aromatic rings. The van der Waals surface area contributed by atoms with Crippen molar-refractivity contribution in [2.24, 2.45) is 5.73 Å². The van der Waals surface area contributed by atoms with Gasteiger partial charge >= 0.3 is 0 Å². The van der Waals surface area contributed by atoms with Gasteiger partial charge in [-0.15, -0.1) is 0 Å². The summed E-state index contributed by atoms with van der Waals surface area (Å²) in [5.74, 6) is 0. The number of nitrogens with two attached hydrogens (primary N) is 1. The second-order valence-corrected chi connectivity index (χ2v) is 4.05. The molecule has 1 aliphatic rings. The molecule has 3 rings (SSSR count). The SMILES string of the molecule is NC1(c2cccc3oncc23)CCC1. The quantitative estimate of drug-likeness (QED) is 0.746. The minimum absolute atomic E-state index is 0.134. The van der Waals surface area contributed by atoms with Crippen molar-refractivity contribution in [2.45, 2.75) is 24.8 Å². The maximum absolute atomic E-state index is 6.28. The molecule has 72 valence electrons. The summed E-state index contributed by atoms with van der Waals surface area (Å²) in [6.45, 7) is 0. The van der Waals surface area contributed by atoms with Crippen molar-refractivity contribution in [3.8, 4) is 0 Å². The third kappa shape index (κ3) is 0.930. The third-order valence-corrected chi connectivity index (χ3v) is 3.18. The van der Waals surface area contributed by atoms with Crippen LogP contribution in [0, 0.1) is 0 Å². The Kier molecular flexibility index (Phi) is 1.47. The predicted octanol–water partition coefficient (Wildman–Crippen LogP) is 2.17. The fourth-order valence-corrected chi connectivity index (χ4v) is 2.15. The zero-order valence-corrected chi connectivity index (χ0v) is 7.86. The molecule has 3 heteroatoms. The Morgan fingerprint density at radius 1 is 1.36 bits per heavy atom. The van der Waals surface area contributed by atoms with E-state index in [-0.39, 0.29) is 5.54 Å². The van der Waals surface area contributed by atoms with Gasteiger partial charge in [-0.1, -0.05) is 17.3 Å². The zero-order chi connectivity index (χ0) is 9.60. The molecule has 2 N–H and O–H groups in total. The highest BCUT2D eigenvalue weighted by Gasteiger charge is 2.35. The van der Waals surface area contributed by atoms with Gasteiger partial charge in [0.05, 0.1) is 6.20 Å². The molecule has 14 heavy (non-hydrogen) atoms. The maximum atomic E-state index is 6.28. The van der Waals surface area contributed by atoms with Crippen molar-refractivity contribution in [3.05, 3.63) is 30.0 Å². The van der Waals surface area contributed by atoms with Gasteiger partial charge in [-0.2, -0.15) is 0 Å². The molecule has 0 atom stereocenters. The zero-order valence-electron chi connectivity index (χ0n) is 7.86. The molecule has 1 aliphatic carbocycles. The van der Waals surface area contributed by atoms with E-state index in [4.69, 9.17) is 10.3 Å². The molecular formula is C11H12N2O. The number of benzene rings is 1. The van der Waals surface area contributed by atoms with E-state index >= 15 is 0 Å². The molecular weight excluding hydrogens is 176 g/mol. The summed E-state index contributed by atoms with van der Waals surface area (Å²) in [6.07, 6.45) is 5.12. The number of aromatic nitrogens is 1. The van der Waals surface area contributed by atoms with Crippen molar-refractivity contribution in [1.82, 2.24) is 5.16 Å². The number of hydrogen-bond donors (Lipinski definition) is 1. The van der Waals surface area contributed by atoms with Crippen LogP contribution in [0.2, 0.25) is 0 Å². The smallest absolute Gasteiger partial charge is 0.167 e. The molecule has 0 amide bonds. The van der Waals surface area contributed by atoms with Crippen LogP contribution in [0.1, 0.15) is 24.8 Å². The summed E-state index contributed by atoms with van der Waals surface area (Å²) in [4.78, 5) is 0. The summed E-state index contributed by atoms with van der Waals surface area (Å²) in [5.41, 5.74) is 8.16. The number of rotatable bonds is 1. The maximum Gasteiger partial charge on any atom is 0.167 e. The Labute approximate surface area is 81.9 Å². The monoisotopic (exact) mass is 188 g/mol. The molecule has 0 radical (unpaired) electrons. The van der Waals surface area contributed by atoms with Crippen LogP contribution in [-0.4, -0.2) is 5.16 Å². The molecule has 0 unspecified atom stereocenters. The first kappa shape index (κ1) is 8.00. The standard InChI is InChI=1S/C11H12N2O/c12-11(5-2-6-11)9-3-1-4-10-8(9)7-13-14-10/h1,3-4,7H,2,5-6,12H2. The van der Waals surface area contributed by atoms with E-state index in [9.17, 15) is 0 Å². The van der Waals surface area contributed by atoms with Gasteiger partial charge in [-0.05, 0) is 30.9 Å². The minimum Gasteiger partial charge on any atom is -0.356 e. The fourth-order valence-electron chi connectivity index (χ4n) is 2.15. The predicted molar refractivity (Wildman–Crippen MR) is 53.7 cm³/mol. The lowest BCUT2D eigenvalue weighted by molar-refractivity contribution is 0.256. The Balaban J connectivity index is 2.24. The van der Waals surface area contributed by atoms with Gasteiger partial charge in [0, 0.05) is 10.9 Å². The van der Waals surface area contributed by atoms with Crippen molar-refractivity contribution in [2.75, 3.05) is 0 Å². The molecule has 1 aromatic carbocycles. The van der Waals surface area contributed by atoms with E-state index in [1.165, 1.54) is 12.0 Å².